The lowest BCUT2D eigenvalue weighted by Gasteiger charge is -2.08. The van der Waals surface area contributed by atoms with Gasteiger partial charge in [-0.3, -0.25) is 4.72 Å². The van der Waals surface area contributed by atoms with Crippen LogP contribution < -0.4 is 10.0 Å². The molecule has 0 saturated heterocycles. The van der Waals surface area contributed by atoms with E-state index >= 15 is 0 Å². The highest BCUT2D eigenvalue weighted by Crippen LogP contribution is 2.19. The summed E-state index contributed by atoms with van der Waals surface area (Å²) < 4.78 is 26.9. The molecule has 1 heterocycles. The Balaban J connectivity index is 1.71. The molecule has 0 unspecified atom stereocenters. The van der Waals surface area contributed by atoms with E-state index in [1.807, 2.05) is 6.07 Å². The normalized spacial score (nSPS) is 10.8. The van der Waals surface area contributed by atoms with Crippen LogP contribution >= 0.6 is 11.6 Å². The van der Waals surface area contributed by atoms with Crippen molar-refractivity contribution in [2.24, 2.45) is 0 Å². The Labute approximate surface area is 155 Å². The molecule has 26 heavy (non-hydrogen) atoms. The molecule has 0 amide bonds. The van der Waals surface area contributed by atoms with Crippen molar-refractivity contribution in [3.05, 3.63) is 71.2 Å². The topological polar surface area (TPSA) is 108 Å². The highest BCUT2D eigenvalue weighted by molar-refractivity contribution is 7.92. The fourth-order valence-electron chi connectivity index (χ4n) is 2.04. The molecule has 0 aliphatic carbocycles. The average Bonchev–Trinajstić information content (AvgIpc) is 2.64. The largest absolute Gasteiger partial charge is 0.339 e. The first-order valence-electron chi connectivity index (χ1n) is 7.35. The van der Waals surface area contributed by atoms with Crippen molar-refractivity contribution < 1.29 is 8.42 Å². The van der Waals surface area contributed by atoms with Crippen LogP contribution in [0.4, 0.5) is 17.3 Å². The van der Waals surface area contributed by atoms with Gasteiger partial charge in [0.25, 0.3) is 10.0 Å². The number of hydrogen-bond donors (Lipinski definition) is 2. The number of halogens is 1. The summed E-state index contributed by atoms with van der Waals surface area (Å²) in [5.74, 6) is 0.523. The predicted molar refractivity (Wildman–Crippen MR) is 98.7 cm³/mol. The van der Waals surface area contributed by atoms with Crippen molar-refractivity contribution in [3.63, 3.8) is 0 Å². The minimum atomic E-state index is -3.77. The average molecular weight is 386 g/mol. The summed E-state index contributed by atoms with van der Waals surface area (Å²) in [6.07, 6.45) is 0. The Kier molecular flexibility index (Phi) is 5.02. The van der Waals surface area contributed by atoms with Gasteiger partial charge in [0.15, 0.2) is 11.6 Å². The van der Waals surface area contributed by atoms with E-state index in [2.05, 4.69) is 20.2 Å². The first-order valence-corrected chi connectivity index (χ1v) is 9.22. The number of nitrogens with zero attached hydrogens (tertiary/aromatic N) is 3. The Bertz CT molecular complexity index is 1040. The molecule has 0 bridgehead atoms. The SMILES string of the molecule is N#Cc1ccc(Nc2ccc(NS(=O)(=O)c3ccc(Cl)cc3)nn2)cc1. The summed E-state index contributed by atoms with van der Waals surface area (Å²) in [7, 11) is -3.77. The van der Waals surface area contributed by atoms with Crippen LogP contribution in [-0.2, 0) is 10.0 Å². The van der Waals surface area contributed by atoms with Crippen LogP contribution in [0.25, 0.3) is 0 Å². The fraction of sp³-hybridized carbons (Fsp3) is 0. The third-order valence-corrected chi connectivity index (χ3v) is 4.94. The highest BCUT2D eigenvalue weighted by Gasteiger charge is 2.15. The molecule has 1 aromatic heterocycles. The van der Waals surface area contributed by atoms with E-state index in [1.165, 1.54) is 30.3 Å². The Morgan fingerprint density at radius 3 is 2.08 bits per heavy atom. The van der Waals surface area contributed by atoms with E-state index in [0.29, 0.717) is 16.4 Å². The molecule has 0 aliphatic heterocycles. The molecule has 0 saturated carbocycles. The maximum Gasteiger partial charge on any atom is 0.263 e. The number of nitriles is 1. The first-order chi connectivity index (χ1) is 12.5. The molecule has 2 N–H and O–H groups in total. The minimum absolute atomic E-state index is 0.0727. The van der Waals surface area contributed by atoms with E-state index in [9.17, 15) is 8.42 Å². The zero-order valence-corrected chi connectivity index (χ0v) is 14.8. The van der Waals surface area contributed by atoms with Crippen LogP contribution in [0.15, 0.2) is 65.6 Å². The van der Waals surface area contributed by atoms with Crippen LogP contribution in [-0.4, -0.2) is 18.6 Å². The monoisotopic (exact) mass is 385 g/mol. The highest BCUT2D eigenvalue weighted by atomic mass is 35.5. The van der Waals surface area contributed by atoms with Gasteiger partial charge in [-0.1, -0.05) is 11.6 Å². The van der Waals surface area contributed by atoms with Gasteiger partial charge in [0, 0.05) is 10.7 Å². The molecule has 7 nitrogen and oxygen atoms in total. The Morgan fingerprint density at radius 2 is 1.50 bits per heavy atom. The van der Waals surface area contributed by atoms with Crippen LogP contribution in [0.1, 0.15) is 5.56 Å². The van der Waals surface area contributed by atoms with E-state index < -0.39 is 10.0 Å². The molecule has 9 heteroatoms. The van der Waals surface area contributed by atoms with E-state index in [-0.39, 0.29) is 10.7 Å². The predicted octanol–water partition coefficient (Wildman–Crippen LogP) is 3.55. The van der Waals surface area contributed by atoms with E-state index in [4.69, 9.17) is 16.9 Å². The quantitative estimate of drug-likeness (QED) is 0.695. The Hall–Kier alpha value is -3.15. The van der Waals surface area contributed by atoms with Crippen molar-refractivity contribution in [2.75, 3.05) is 10.0 Å². The fourth-order valence-corrected chi connectivity index (χ4v) is 3.16. The lowest BCUT2D eigenvalue weighted by atomic mass is 10.2. The van der Waals surface area contributed by atoms with Crippen LogP contribution in [0.3, 0.4) is 0 Å². The lowest BCUT2D eigenvalue weighted by molar-refractivity contribution is 0.601. The van der Waals surface area contributed by atoms with Gasteiger partial charge in [0.05, 0.1) is 16.5 Å². The first kappa shape index (κ1) is 17.7. The van der Waals surface area contributed by atoms with Gasteiger partial charge in [-0.05, 0) is 60.7 Å². The maximum absolute atomic E-state index is 12.3. The van der Waals surface area contributed by atoms with Gasteiger partial charge in [0.2, 0.25) is 0 Å². The maximum atomic E-state index is 12.3. The molecule has 3 aromatic rings. The van der Waals surface area contributed by atoms with Crippen molar-refractivity contribution in [1.29, 1.82) is 5.26 Å². The second-order valence-corrected chi connectivity index (χ2v) is 7.30. The molecule has 130 valence electrons. The number of anilines is 3. The third kappa shape index (κ3) is 4.27. The van der Waals surface area contributed by atoms with Gasteiger partial charge in [0.1, 0.15) is 0 Å². The van der Waals surface area contributed by atoms with Crippen molar-refractivity contribution in [1.82, 2.24) is 10.2 Å². The number of nitrogens with one attached hydrogen (secondary N) is 2. The summed E-state index contributed by atoms with van der Waals surface area (Å²) in [4.78, 5) is 0.0727. The van der Waals surface area contributed by atoms with E-state index in [0.717, 1.165) is 5.69 Å². The summed E-state index contributed by atoms with van der Waals surface area (Å²) >= 11 is 5.76. The second kappa shape index (κ2) is 7.39. The lowest BCUT2D eigenvalue weighted by Crippen LogP contribution is -2.14. The van der Waals surface area contributed by atoms with Gasteiger partial charge in [-0.2, -0.15) is 5.26 Å². The van der Waals surface area contributed by atoms with Crippen molar-refractivity contribution in [2.45, 2.75) is 4.90 Å². The molecule has 2 aromatic carbocycles. The van der Waals surface area contributed by atoms with Crippen molar-refractivity contribution >= 4 is 38.9 Å². The zero-order valence-electron chi connectivity index (χ0n) is 13.2. The number of hydrogen-bond acceptors (Lipinski definition) is 6. The van der Waals surface area contributed by atoms with Crippen molar-refractivity contribution in [3.8, 4) is 6.07 Å². The summed E-state index contributed by atoms with van der Waals surface area (Å²) in [6.45, 7) is 0. The zero-order chi connectivity index (χ0) is 18.6. The van der Waals surface area contributed by atoms with Gasteiger partial charge in [-0.15, -0.1) is 10.2 Å². The number of sulfonamides is 1. The molecular weight excluding hydrogens is 374 g/mol. The molecule has 3 rings (SSSR count). The molecule has 0 aliphatic rings. The van der Waals surface area contributed by atoms with E-state index in [1.54, 1.807) is 30.3 Å². The van der Waals surface area contributed by atoms with Crippen LogP contribution in [0, 0.1) is 11.3 Å². The molecule has 0 spiro atoms. The molecule has 0 atom stereocenters. The summed E-state index contributed by atoms with van der Waals surface area (Å²) in [5.41, 5.74) is 1.28. The summed E-state index contributed by atoms with van der Waals surface area (Å²) in [5, 5.41) is 20.0. The minimum Gasteiger partial charge on any atom is -0.339 e. The molecular formula is C17H12ClN5O2S. The molecule has 0 radical (unpaired) electrons. The number of benzene rings is 2. The third-order valence-electron chi connectivity index (χ3n) is 3.31. The van der Waals surface area contributed by atoms with Gasteiger partial charge in [-0.25, -0.2) is 8.42 Å². The summed E-state index contributed by atoms with van der Waals surface area (Å²) in [6, 6.07) is 17.7. The van der Waals surface area contributed by atoms with Gasteiger partial charge >= 0.3 is 0 Å². The Morgan fingerprint density at radius 1 is 0.885 bits per heavy atom. The number of aromatic nitrogens is 2. The standard InChI is InChI=1S/C17H12ClN5O2S/c18-13-3-7-15(8-4-13)26(24,25)23-17-10-9-16(21-22-17)20-14-5-1-12(11-19)2-6-14/h1-10H,(H,20,21)(H,22,23). The van der Waals surface area contributed by atoms with Crippen LogP contribution in [0.2, 0.25) is 5.02 Å². The molecule has 0 fully saturated rings. The smallest absolute Gasteiger partial charge is 0.263 e. The number of rotatable bonds is 5. The van der Waals surface area contributed by atoms with Crippen LogP contribution in [0.5, 0.6) is 0 Å². The van der Waals surface area contributed by atoms with Gasteiger partial charge < -0.3 is 5.32 Å². The second-order valence-electron chi connectivity index (χ2n) is 5.18.